The number of hydrogen-bond donors (Lipinski definition) is 3. The number of ether oxygens (including phenoxy) is 18. The number of rotatable bonds is 12. The van der Waals surface area contributed by atoms with Crippen LogP contribution in [0.5, 0.6) is 80.5 Å². The molecule has 2 spiro atoms. The van der Waals surface area contributed by atoms with Crippen LogP contribution >= 0.6 is 23.5 Å². The van der Waals surface area contributed by atoms with Gasteiger partial charge in [0.1, 0.15) is 37.0 Å². The molecule has 2 amide bonds. The molecule has 8 bridgehead atoms. The molecule has 14 atom stereocenters. The largest absolute Gasteiger partial charge is 0.518 e. The minimum absolute atomic E-state index is 0.0114. The molecule has 3 N–H and O–H groups in total. The number of aliphatic hydroxyl groups excluding tert-OH is 1. The van der Waals surface area contributed by atoms with Gasteiger partial charge in [-0.1, -0.05) is 38.4 Å². The van der Waals surface area contributed by atoms with Gasteiger partial charge in [0.2, 0.25) is 13.6 Å². The highest BCUT2D eigenvalue weighted by Gasteiger charge is 2.67. The summed E-state index contributed by atoms with van der Waals surface area (Å²) in [5.41, 5.74) is 5.14. The number of hydrogen-bond acceptors (Lipinski definition) is 36. The van der Waals surface area contributed by atoms with Crippen molar-refractivity contribution in [3.05, 3.63) is 177 Å². The molecule has 678 valence electrons. The first kappa shape index (κ1) is 88.3. The van der Waals surface area contributed by atoms with Gasteiger partial charge in [0.25, 0.3) is 0 Å². The minimum Gasteiger partial charge on any atom is -0.504 e. The maximum atomic E-state index is 15.5. The number of aryl methyl sites for hydroxylation is 2. The van der Waals surface area contributed by atoms with E-state index in [-0.39, 0.29) is 104 Å². The summed E-state index contributed by atoms with van der Waals surface area (Å²) in [6.45, 7) is 22.6. The number of thioether (sulfide) groups is 2. The number of carbonyl (C=O) groups excluding carboxylic acids is 8. The van der Waals surface area contributed by atoms with Gasteiger partial charge in [0, 0.05) is 101 Å². The van der Waals surface area contributed by atoms with Gasteiger partial charge in [-0.2, -0.15) is 5.26 Å². The normalized spacial score (nSPS) is 26.1. The second-order valence-corrected chi connectivity index (χ2v) is 35.0. The van der Waals surface area contributed by atoms with Crippen LogP contribution in [0.15, 0.2) is 87.8 Å². The lowest BCUT2D eigenvalue weighted by atomic mass is 9.71. The molecule has 129 heavy (non-hydrogen) atoms. The smallest absolute Gasteiger partial charge is 0.504 e. The highest BCUT2D eigenvalue weighted by atomic mass is 32.2. The van der Waals surface area contributed by atoms with E-state index in [9.17, 15) is 49.3 Å². The second kappa shape index (κ2) is 34.0. The zero-order chi connectivity index (χ0) is 91.7. The molecular weight excluding hydrogens is 1720 g/mol. The number of phenolic OH excluding ortho intramolecular Hbond substituents is 2. The Bertz CT molecular complexity index is 5860. The van der Waals surface area contributed by atoms with Crippen molar-refractivity contribution in [2.75, 3.05) is 93.9 Å². The molecule has 36 nitrogen and oxygen atoms in total. The highest BCUT2D eigenvalue weighted by Crippen LogP contribution is 2.69. The first-order chi connectivity index (χ1) is 62.0. The number of aliphatic hydroxyl groups is 1. The molecule has 2 unspecified atom stereocenters. The maximum absolute atomic E-state index is 15.5. The summed E-state index contributed by atoms with van der Waals surface area (Å²) in [5.74, 6) is -0.916. The Morgan fingerprint density at radius 3 is 1.31 bits per heavy atom. The fraction of sp³-hybridized carbons (Fsp3) is 0.418. The minimum atomic E-state index is -1.95. The molecule has 6 aromatic rings. The van der Waals surface area contributed by atoms with Crippen molar-refractivity contribution >= 4 is 71.9 Å². The molecule has 20 rings (SSSR count). The summed E-state index contributed by atoms with van der Waals surface area (Å²) < 4.78 is 104. The average Bonchev–Trinajstić information content (AvgIpc) is 1.48. The predicted octanol–water partition coefficient (Wildman–Crippen LogP) is 11.3. The van der Waals surface area contributed by atoms with E-state index >= 15 is 9.59 Å². The fourth-order valence-corrected chi connectivity index (χ4v) is 25.1. The van der Waals surface area contributed by atoms with Crippen LogP contribution in [0.2, 0.25) is 0 Å². The number of methoxy groups -OCH3 is 4. The molecule has 0 aliphatic carbocycles. The Morgan fingerprint density at radius 2 is 0.907 bits per heavy atom. The molecule has 14 aliphatic heterocycles. The molecule has 0 radical (unpaired) electrons. The third-order valence-electron chi connectivity index (χ3n) is 26.6. The van der Waals surface area contributed by atoms with Gasteiger partial charge in [-0.25, -0.2) is 28.8 Å². The SMILES string of the molecule is C=COC(=O)Oc1cc2c(cc1OC)[C@@]1(CS[C@@H]3c4c(OC(C)=O)c(C)c5c(c4[C@H](COC1=O)N1C3[C@H]3c4c(cc(C)c(OC)c4O)C[C@@H]([C@@H]1C#N)N3C)OCO5)N(C(=O)OC=C)CC2.C=COC(=O)Oc1cc2c(cc1OC)[C@@]1(CS[C@@H]3c4c(OC(C)=O)c(C)c5c(c4[C@H](COC1=O)N1C3[C@H]3c4c(cc(C)c(OC)c4O)C[C@@H]([C@@H]1O)N3C)OCO5)N(C(=O)OC=C)CC2. The number of nitriles is 1. The van der Waals surface area contributed by atoms with E-state index in [2.05, 4.69) is 42.2 Å². The summed E-state index contributed by atoms with van der Waals surface area (Å²) in [6.07, 6.45) is -0.190. The number of fused-ring (bicyclic) bond motifs is 18. The Labute approximate surface area is 748 Å². The van der Waals surface area contributed by atoms with Crippen LogP contribution < -0.4 is 56.8 Å². The van der Waals surface area contributed by atoms with Crippen molar-refractivity contribution in [3.63, 3.8) is 0 Å². The van der Waals surface area contributed by atoms with Crippen molar-refractivity contribution < 1.29 is 139 Å². The third-order valence-corrected chi connectivity index (χ3v) is 29.6. The number of benzene rings is 6. The Kier molecular flexibility index (Phi) is 23.3. The van der Waals surface area contributed by atoms with Crippen LogP contribution in [0.3, 0.4) is 0 Å². The van der Waals surface area contributed by atoms with Gasteiger partial charge in [-0.15, -0.1) is 23.5 Å². The Hall–Kier alpha value is -12.8. The predicted molar refractivity (Wildman–Crippen MR) is 455 cm³/mol. The van der Waals surface area contributed by atoms with E-state index < -0.39 is 137 Å². The van der Waals surface area contributed by atoms with E-state index in [4.69, 9.17) is 85.3 Å². The van der Waals surface area contributed by atoms with Gasteiger partial charge in [0.15, 0.2) is 80.1 Å². The van der Waals surface area contributed by atoms with E-state index in [1.54, 1.807) is 26.0 Å². The topological polar surface area (TPSA) is 407 Å². The van der Waals surface area contributed by atoms with E-state index in [0.717, 1.165) is 47.3 Å². The van der Waals surface area contributed by atoms with Crippen LogP contribution in [0, 0.1) is 39.0 Å². The average molecular weight is 1810 g/mol. The van der Waals surface area contributed by atoms with Crippen LogP contribution in [-0.4, -0.2) is 223 Å². The number of esters is 4. The van der Waals surface area contributed by atoms with Crippen molar-refractivity contribution in [3.8, 4) is 86.6 Å². The lowest BCUT2D eigenvalue weighted by Crippen LogP contribution is -2.70. The van der Waals surface area contributed by atoms with Crippen LogP contribution in [0.4, 0.5) is 19.2 Å². The lowest BCUT2D eigenvalue weighted by Gasteiger charge is -2.62. The van der Waals surface area contributed by atoms with E-state index in [1.807, 2.05) is 49.9 Å². The van der Waals surface area contributed by atoms with Gasteiger partial charge in [-0.05, 0) is 136 Å². The standard InChI is InChI=1S/C46H46N4O14S.C45H47N3O15S/c1-9-58-44(54)49-12-11-24-15-31(64-45(55)59-10-2)30(56-7)16-26(24)46(49)19-65-42-34-33(41-40(61-20-62-41)22(4)39(34)63-23(5)51)29(18-60-43(46)53)50-28(17-47)27-14-25-13-21(3)38(57-8)37(52)32(25)35(36(42)50)48(27)6;1-9-57-43(53)47-12-11-23-15-29(63-44(54)58-10-2)28(55-7)16-25(23)45(47)18-64-40-32-31(39-38(60-19-61-39)21(4)37(32)62-22(5)49)27(17-59-42(45)52)48-34(40)33-30-24(14-26(41(48)51)46(33)6)13-20(3)36(56-8)35(30)50/h9-10,13,15-16,27-29,35-36,42,52H,1-2,11-12,14,18-20H2,3-8H3;9-10,13,15-16,26-27,33-34,40-41,50-51H,1-2,11-12,14,17-19H2,3-8H3/t27-,28-,29-,35+,36?,42+,46+;26-,27-,33+,34?,40+,41-,45+/m00/s1. The monoisotopic (exact) mass is 1810 g/mol. The van der Waals surface area contributed by atoms with E-state index in [0.29, 0.717) is 114 Å². The molecule has 6 aromatic carbocycles. The molecule has 0 aromatic heterocycles. The third kappa shape index (κ3) is 13.6. The summed E-state index contributed by atoms with van der Waals surface area (Å²) in [7, 11) is 9.51. The number of amides is 2. The zero-order valence-electron chi connectivity index (χ0n) is 72.4. The van der Waals surface area contributed by atoms with E-state index in [1.165, 1.54) is 87.7 Å². The van der Waals surface area contributed by atoms with Crippen molar-refractivity contribution in [2.45, 2.75) is 149 Å². The second-order valence-electron chi connectivity index (χ2n) is 32.7. The summed E-state index contributed by atoms with van der Waals surface area (Å²) in [6, 6.07) is 6.33. The zero-order valence-corrected chi connectivity index (χ0v) is 74.1. The van der Waals surface area contributed by atoms with Crippen LogP contribution in [-0.2, 0) is 84.4 Å². The summed E-state index contributed by atoms with van der Waals surface area (Å²) in [4.78, 5) is 121. The van der Waals surface area contributed by atoms with Gasteiger partial charge < -0.3 is 101 Å². The first-order valence-corrected chi connectivity index (χ1v) is 43.4. The molecule has 38 heteroatoms. The summed E-state index contributed by atoms with van der Waals surface area (Å²) in [5, 5.41) is 46.7. The maximum Gasteiger partial charge on any atom is 0.518 e. The molecule has 4 fully saturated rings. The van der Waals surface area contributed by atoms with Crippen molar-refractivity contribution in [1.29, 1.82) is 5.26 Å². The highest BCUT2D eigenvalue weighted by molar-refractivity contribution is 7.99. The number of aromatic hydroxyl groups is 2. The van der Waals surface area contributed by atoms with Crippen LogP contribution in [0.25, 0.3) is 0 Å². The molecule has 14 heterocycles. The summed E-state index contributed by atoms with van der Waals surface area (Å²) >= 11 is 2.53. The number of likely N-dealkylation sites (N-methyl/N-ethyl adjacent to an activating group) is 2. The Morgan fingerprint density at radius 1 is 0.504 bits per heavy atom. The van der Waals surface area contributed by atoms with Gasteiger partial charge in [0.05, 0.1) is 100 Å². The number of piperazine rings is 2. The lowest BCUT2D eigenvalue weighted by molar-refractivity contribution is -0.188. The van der Waals surface area contributed by atoms with Gasteiger partial charge >= 0.3 is 48.4 Å². The quantitative estimate of drug-likeness (QED) is 0.0337. The molecule has 0 saturated carbocycles. The molecule has 4 saturated heterocycles. The van der Waals surface area contributed by atoms with Gasteiger partial charge in [-0.3, -0.25) is 39.0 Å². The molecule has 14 aliphatic rings. The molecular formula is C91H93N7O29S2. The number of carbonyl (C=O) groups is 8. The fourth-order valence-electron chi connectivity index (χ4n) is 21.7. The van der Waals surface area contributed by atoms with Crippen molar-refractivity contribution in [1.82, 2.24) is 29.4 Å². The first-order valence-electron chi connectivity index (χ1n) is 41.3. The number of nitrogens with zero attached hydrogens (tertiary/aromatic N) is 7. The van der Waals surface area contributed by atoms with Crippen molar-refractivity contribution in [2.24, 2.45) is 0 Å². The Balaban J connectivity index is 0.000000181. The van der Waals surface area contributed by atoms with Crippen LogP contribution in [0.1, 0.15) is 138 Å². The number of phenols is 2.